The minimum atomic E-state index is -0.184. The Morgan fingerprint density at radius 1 is 1.50 bits per heavy atom. The third-order valence-electron chi connectivity index (χ3n) is 2.80. The number of nitrogens with zero attached hydrogens (tertiary/aromatic N) is 3. The van der Waals surface area contributed by atoms with Gasteiger partial charge in [-0.15, -0.1) is 10.2 Å². The summed E-state index contributed by atoms with van der Waals surface area (Å²) in [5.41, 5.74) is -0.184. The second-order valence-electron chi connectivity index (χ2n) is 4.14. The average Bonchev–Trinajstić information content (AvgIpc) is 2.57. The number of hydrogen-bond acceptors (Lipinski definition) is 3. The van der Waals surface area contributed by atoms with Gasteiger partial charge in [0.15, 0.2) is 0 Å². The van der Waals surface area contributed by atoms with Crippen LogP contribution in [0.25, 0.3) is 0 Å². The SMILES string of the molecule is Cc1nnc(Cl)n1C1CCOC1(C)C. The van der Waals surface area contributed by atoms with Crippen LogP contribution in [0.5, 0.6) is 0 Å². The maximum atomic E-state index is 5.99. The smallest absolute Gasteiger partial charge is 0.225 e. The Kier molecular flexibility index (Phi) is 2.27. The molecule has 78 valence electrons. The molecule has 5 heteroatoms. The second-order valence-corrected chi connectivity index (χ2v) is 4.48. The van der Waals surface area contributed by atoms with Crippen LogP contribution in [0, 0.1) is 6.92 Å². The fraction of sp³-hybridized carbons (Fsp3) is 0.778. The van der Waals surface area contributed by atoms with E-state index >= 15 is 0 Å². The molecule has 1 aliphatic heterocycles. The molecule has 0 radical (unpaired) electrons. The molecule has 0 saturated carbocycles. The number of halogens is 1. The molecule has 1 atom stereocenters. The molecule has 0 aromatic carbocycles. The molecule has 1 aliphatic rings. The Labute approximate surface area is 88.2 Å². The average molecular weight is 216 g/mol. The number of rotatable bonds is 1. The van der Waals surface area contributed by atoms with Gasteiger partial charge >= 0.3 is 0 Å². The zero-order valence-electron chi connectivity index (χ0n) is 8.62. The highest BCUT2D eigenvalue weighted by Gasteiger charge is 2.38. The number of aryl methyl sites for hydroxylation is 1. The van der Waals surface area contributed by atoms with Crippen LogP contribution in [0.1, 0.15) is 32.1 Å². The fourth-order valence-corrected chi connectivity index (χ4v) is 2.29. The monoisotopic (exact) mass is 215 g/mol. The highest BCUT2D eigenvalue weighted by Crippen LogP contribution is 2.37. The number of aromatic nitrogens is 3. The Hall–Kier alpha value is -0.610. The highest BCUT2D eigenvalue weighted by molar-refractivity contribution is 6.28. The van der Waals surface area contributed by atoms with Gasteiger partial charge in [-0.3, -0.25) is 4.57 Å². The highest BCUT2D eigenvalue weighted by atomic mass is 35.5. The van der Waals surface area contributed by atoms with E-state index in [-0.39, 0.29) is 11.6 Å². The molecule has 0 N–H and O–H groups in total. The predicted molar refractivity (Wildman–Crippen MR) is 53.5 cm³/mol. The molecule has 1 aromatic rings. The Morgan fingerprint density at radius 2 is 2.21 bits per heavy atom. The first-order valence-electron chi connectivity index (χ1n) is 4.73. The van der Waals surface area contributed by atoms with Crippen molar-refractivity contribution >= 4 is 11.6 Å². The number of ether oxygens (including phenoxy) is 1. The first kappa shape index (κ1) is 9.93. The van der Waals surface area contributed by atoms with Gasteiger partial charge in [0, 0.05) is 6.61 Å². The minimum Gasteiger partial charge on any atom is -0.373 e. The van der Waals surface area contributed by atoms with E-state index in [4.69, 9.17) is 16.3 Å². The lowest BCUT2D eigenvalue weighted by molar-refractivity contribution is 0.0139. The van der Waals surface area contributed by atoms with Crippen LogP contribution in [0.4, 0.5) is 0 Å². The van der Waals surface area contributed by atoms with E-state index in [1.54, 1.807) is 0 Å². The van der Waals surface area contributed by atoms with Crippen LogP contribution in [0.15, 0.2) is 0 Å². The van der Waals surface area contributed by atoms with Crippen molar-refractivity contribution in [3.63, 3.8) is 0 Å². The van der Waals surface area contributed by atoms with Crippen LogP contribution in [-0.4, -0.2) is 27.0 Å². The summed E-state index contributed by atoms with van der Waals surface area (Å²) in [5.74, 6) is 0.846. The quantitative estimate of drug-likeness (QED) is 0.719. The normalized spacial score (nSPS) is 25.6. The van der Waals surface area contributed by atoms with Crippen LogP contribution >= 0.6 is 11.6 Å². The van der Waals surface area contributed by atoms with Gasteiger partial charge in [-0.05, 0) is 38.8 Å². The zero-order valence-corrected chi connectivity index (χ0v) is 9.38. The number of hydrogen-bond donors (Lipinski definition) is 0. The summed E-state index contributed by atoms with van der Waals surface area (Å²) in [4.78, 5) is 0. The van der Waals surface area contributed by atoms with E-state index in [1.165, 1.54) is 0 Å². The second kappa shape index (κ2) is 3.21. The lowest BCUT2D eigenvalue weighted by atomic mass is 9.99. The summed E-state index contributed by atoms with van der Waals surface area (Å²) < 4.78 is 7.60. The van der Waals surface area contributed by atoms with Crippen LogP contribution < -0.4 is 0 Å². The molecule has 4 nitrogen and oxygen atoms in total. The molecule has 2 heterocycles. The zero-order chi connectivity index (χ0) is 10.3. The van der Waals surface area contributed by atoms with Gasteiger partial charge in [0.05, 0.1) is 11.6 Å². The molecule has 1 fully saturated rings. The third-order valence-corrected chi connectivity index (χ3v) is 3.06. The van der Waals surface area contributed by atoms with E-state index in [2.05, 4.69) is 24.0 Å². The minimum absolute atomic E-state index is 0.184. The molecular formula is C9H14ClN3O. The summed E-state index contributed by atoms with van der Waals surface area (Å²) >= 11 is 5.99. The Bertz CT molecular complexity index is 328. The van der Waals surface area contributed by atoms with Crippen molar-refractivity contribution in [2.24, 2.45) is 0 Å². The summed E-state index contributed by atoms with van der Waals surface area (Å²) in [6.07, 6.45) is 0.964. The maximum Gasteiger partial charge on any atom is 0.225 e. The van der Waals surface area contributed by atoms with Gasteiger partial charge < -0.3 is 4.74 Å². The third kappa shape index (κ3) is 1.42. The van der Waals surface area contributed by atoms with Crippen LogP contribution in [0.3, 0.4) is 0 Å². The Balaban J connectivity index is 2.40. The summed E-state index contributed by atoms with van der Waals surface area (Å²) in [7, 11) is 0. The molecular weight excluding hydrogens is 202 g/mol. The standard InChI is InChI=1S/C9H14ClN3O/c1-6-11-12-8(10)13(6)7-4-5-14-9(7,2)3/h7H,4-5H2,1-3H3. The molecule has 1 unspecified atom stereocenters. The van der Waals surface area contributed by atoms with Crippen molar-refractivity contribution in [3.8, 4) is 0 Å². The topological polar surface area (TPSA) is 39.9 Å². The molecule has 1 aromatic heterocycles. The maximum absolute atomic E-state index is 5.99. The fourth-order valence-electron chi connectivity index (χ4n) is 2.02. The van der Waals surface area contributed by atoms with E-state index in [0.29, 0.717) is 5.28 Å². The summed E-state index contributed by atoms with van der Waals surface area (Å²) in [5, 5.41) is 8.25. The van der Waals surface area contributed by atoms with Gasteiger partial charge in [-0.2, -0.15) is 0 Å². The van der Waals surface area contributed by atoms with Crippen molar-refractivity contribution in [3.05, 3.63) is 11.1 Å². The van der Waals surface area contributed by atoms with E-state index < -0.39 is 0 Å². The Morgan fingerprint density at radius 3 is 2.64 bits per heavy atom. The van der Waals surface area contributed by atoms with Gasteiger partial charge in [-0.25, -0.2) is 0 Å². The molecule has 0 amide bonds. The van der Waals surface area contributed by atoms with Crippen molar-refractivity contribution in [1.82, 2.24) is 14.8 Å². The first-order valence-corrected chi connectivity index (χ1v) is 5.11. The van der Waals surface area contributed by atoms with Gasteiger partial charge in [-0.1, -0.05) is 0 Å². The molecule has 0 aliphatic carbocycles. The molecule has 0 bridgehead atoms. The lowest BCUT2D eigenvalue weighted by Gasteiger charge is -2.27. The molecule has 1 saturated heterocycles. The van der Waals surface area contributed by atoms with Crippen molar-refractivity contribution in [1.29, 1.82) is 0 Å². The largest absolute Gasteiger partial charge is 0.373 e. The van der Waals surface area contributed by atoms with Gasteiger partial charge in [0.25, 0.3) is 0 Å². The summed E-state index contributed by atoms with van der Waals surface area (Å²) in [6.45, 7) is 6.82. The first-order chi connectivity index (χ1) is 6.52. The van der Waals surface area contributed by atoms with E-state index in [1.807, 2.05) is 11.5 Å². The molecule has 2 rings (SSSR count). The van der Waals surface area contributed by atoms with E-state index in [0.717, 1.165) is 18.9 Å². The van der Waals surface area contributed by atoms with E-state index in [9.17, 15) is 0 Å². The van der Waals surface area contributed by atoms with Gasteiger partial charge in [0.1, 0.15) is 5.82 Å². The van der Waals surface area contributed by atoms with Crippen LogP contribution in [-0.2, 0) is 4.74 Å². The van der Waals surface area contributed by atoms with Crippen molar-refractivity contribution in [2.45, 2.75) is 38.8 Å². The predicted octanol–water partition coefficient (Wildman–Crippen LogP) is 1.98. The van der Waals surface area contributed by atoms with Gasteiger partial charge in [0.2, 0.25) is 5.28 Å². The van der Waals surface area contributed by atoms with Crippen molar-refractivity contribution in [2.75, 3.05) is 6.61 Å². The lowest BCUT2D eigenvalue weighted by Crippen LogP contribution is -2.30. The van der Waals surface area contributed by atoms with Crippen molar-refractivity contribution < 1.29 is 4.74 Å². The molecule has 0 spiro atoms. The van der Waals surface area contributed by atoms with Crippen LogP contribution in [0.2, 0.25) is 5.28 Å². The summed E-state index contributed by atoms with van der Waals surface area (Å²) in [6, 6.07) is 0.241. The molecule has 14 heavy (non-hydrogen) atoms.